The van der Waals surface area contributed by atoms with Crippen LogP contribution < -0.4 is 5.32 Å². The van der Waals surface area contributed by atoms with Crippen molar-refractivity contribution < 1.29 is 4.79 Å². The number of nitriles is 1. The SMILES string of the molecule is CC(C)N/C=C(/C#N)C(=O)N1CCC(Cc2ccccc2)CC1. The van der Waals surface area contributed by atoms with Crippen LogP contribution >= 0.6 is 0 Å². The number of carbonyl (C=O) groups excluding carboxylic acids is 1. The summed E-state index contributed by atoms with van der Waals surface area (Å²) in [6, 6.07) is 12.7. The molecule has 122 valence electrons. The molecule has 0 unspecified atom stereocenters. The first-order chi connectivity index (χ1) is 11.1. The van der Waals surface area contributed by atoms with Crippen molar-refractivity contribution >= 4 is 5.91 Å². The molecular weight excluding hydrogens is 286 g/mol. The Kier molecular flexibility index (Phi) is 6.22. The van der Waals surface area contributed by atoms with Crippen LogP contribution in [0.5, 0.6) is 0 Å². The quantitative estimate of drug-likeness (QED) is 0.672. The van der Waals surface area contributed by atoms with Crippen molar-refractivity contribution in [3.05, 3.63) is 47.7 Å². The number of nitrogens with one attached hydrogen (secondary N) is 1. The number of hydrogen-bond acceptors (Lipinski definition) is 3. The predicted molar refractivity (Wildman–Crippen MR) is 91.4 cm³/mol. The Morgan fingerprint density at radius 2 is 2.00 bits per heavy atom. The van der Waals surface area contributed by atoms with E-state index in [1.807, 2.05) is 26.0 Å². The van der Waals surface area contributed by atoms with Crippen LogP contribution in [0.4, 0.5) is 0 Å². The molecule has 4 heteroatoms. The first-order valence-electron chi connectivity index (χ1n) is 8.29. The van der Waals surface area contributed by atoms with E-state index in [1.165, 1.54) is 5.56 Å². The van der Waals surface area contributed by atoms with E-state index in [0.717, 1.165) is 32.4 Å². The third kappa shape index (κ3) is 5.14. The van der Waals surface area contributed by atoms with E-state index in [4.69, 9.17) is 0 Å². The number of carbonyl (C=O) groups is 1. The van der Waals surface area contributed by atoms with E-state index in [1.54, 1.807) is 11.1 Å². The molecule has 0 spiro atoms. The Labute approximate surface area is 138 Å². The second-order valence-electron chi connectivity index (χ2n) is 6.42. The zero-order valence-corrected chi connectivity index (χ0v) is 14.0. The van der Waals surface area contributed by atoms with Gasteiger partial charge in [0.15, 0.2) is 0 Å². The molecule has 1 aliphatic heterocycles. The second-order valence-corrected chi connectivity index (χ2v) is 6.42. The smallest absolute Gasteiger partial charge is 0.265 e. The van der Waals surface area contributed by atoms with Crippen LogP contribution in [0.1, 0.15) is 32.3 Å². The van der Waals surface area contributed by atoms with E-state index in [9.17, 15) is 10.1 Å². The van der Waals surface area contributed by atoms with Crippen LogP contribution in [0.2, 0.25) is 0 Å². The number of amides is 1. The molecule has 0 atom stereocenters. The van der Waals surface area contributed by atoms with Gasteiger partial charge in [0, 0.05) is 25.3 Å². The molecule has 1 N–H and O–H groups in total. The molecule has 0 saturated carbocycles. The minimum Gasteiger partial charge on any atom is -0.387 e. The Bertz CT molecular complexity index is 578. The Hall–Kier alpha value is -2.28. The van der Waals surface area contributed by atoms with Crippen LogP contribution in [-0.2, 0) is 11.2 Å². The predicted octanol–water partition coefficient (Wildman–Crippen LogP) is 2.87. The van der Waals surface area contributed by atoms with Gasteiger partial charge in [-0.25, -0.2) is 0 Å². The number of benzene rings is 1. The van der Waals surface area contributed by atoms with Gasteiger partial charge in [0.2, 0.25) is 0 Å². The van der Waals surface area contributed by atoms with E-state index < -0.39 is 0 Å². The summed E-state index contributed by atoms with van der Waals surface area (Å²) in [6.07, 6.45) is 4.61. The van der Waals surface area contributed by atoms with Gasteiger partial charge in [-0.1, -0.05) is 30.3 Å². The van der Waals surface area contributed by atoms with Crippen LogP contribution in [0.25, 0.3) is 0 Å². The molecule has 0 aliphatic carbocycles. The third-order valence-corrected chi connectivity index (χ3v) is 4.18. The fourth-order valence-electron chi connectivity index (χ4n) is 2.85. The number of rotatable bonds is 5. The van der Waals surface area contributed by atoms with Crippen molar-refractivity contribution in [2.45, 2.75) is 39.2 Å². The lowest BCUT2D eigenvalue weighted by molar-refractivity contribution is -0.128. The van der Waals surface area contributed by atoms with Gasteiger partial charge in [-0.05, 0) is 44.6 Å². The molecule has 0 bridgehead atoms. The fourth-order valence-corrected chi connectivity index (χ4v) is 2.85. The maximum absolute atomic E-state index is 12.4. The number of nitrogens with zero attached hydrogens (tertiary/aromatic N) is 2. The molecular formula is C19H25N3O. The average molecular weight is 311 g/mol. The minimum atomic E-state index is -0.154. The fraction of sp³-hybridized carbons (Fsp3) is 0.474. The van der Waals surface area contributed by atoms with Gasteiger partial charge in [-0.3, -0.25) is 4.79 Å². The van der Waals surface area contributed by atoms with Gasteiger partial charge < -0.3 is 10.2 Å². The van der Waals surface area contributed by atoms with Crippen molar-refractivity contribution in [1.82, 2.24) is 10.2 Å². The summed E-state index contributed by atoms with van der Waals surface area (Å²) in [4.78, 5) is 14.2. The van der Waals surface area contributed by atoms with Gasteiger partial charge in [-0.2, -0.15) is 5.26 Å². The normalized spacial score (nSPS) is 16.3. The summed E-state index contributed by atoms with van der Waals surface area (Å²) in [7, 11) is 0. The standard InChI is InChI=1S/C19H25N3O/c1-15(2)21-14-18(13-20)19(23)22-10-8-17(9-11-22)12-16-6-4-3-5-7-16/h3-7,14-15,17,21H,8-12H2,1-2H3/b18-14-. The van der Waals surface area contributed by atoms with Gasteiger partial charge in [-0.15, -0.1) is 0 Å². The molecule has 1 aromatic carbocycles. The van der Waals surface area contributed by atoms with Crippen LogP contribution in [-0.4, -0.2) is 29.9 Å². The van der Waals surface area contributed by atoms with E-state index >= 15 is 0 Å². The average Bonchev–Trinajstić information content (AvgIpc) is 2.56. The first kappa shape index (κ1) is 17.1. The molecule has 1 amide bonds. The molecule has 4 nitrogen and oxygen atoms in total. The molecule has 2 rings (SSSR count). The summed E-state index contributed by atoms with van der Waals surface area (Å²) in [5, 5.41) is 12.2. The molecule has 0 aromatic heterocycles. The van der Waals surface area contributed by atoms with Crippen molar-refractivity contribution in [1.29, 1.82) is 5.26 Å². The molecule has 1 aromatic rings. The summed E-state index contributed by atoms with van der Waals surface area (Å²) in [5.41, 5.74) is 1.55. The second kappa shape index (κ2) is 8.38. The van der Waals surface area contributed by atoms with E-state index in [2.05, 4.69) is 29.6 Å². The maximum atomic E-state index is 12.4. The summed E-state index contributed by atoms with van der Waals surface area (Å²) in [6.45, 7) is 5.42. The van der Waals surface area contributed by atoms with Crippen LogP contribution in [0.3, 0.4) is 0 Å². The lowest BCUT2D eigenvalue weighted by Gasteiger charge is -2.32. The maximum Gasteiger partial charge on any atom is 0.265 e. The Balaban J connectivity index is 1.87. The van der Waals surface area contributed by atoms with Crippen molar-refractivity contribution in [3.8, 4) is 6.07 Å². The van der Waals surface area contributed by atoms with Crippen LogP contribution in [0, 0.1) is 17.2 Å². The minimum absolute atomic E-state index is 0.154. The summed E-state index contributed by atoms with van der Waals surface area (Å²) >= 11 is 0. The highest BCUT2D eigenvalue weighted by Gasteiger charge is 2.25. The number of likely N-dealkylation sites (tertiary alicyclic amines) is 1. The van der Waals surface area contributed by atoms with Crippen molar-refractivity contribution in [2.75, 3.05) is 13.1 Å². The number of hydrogen-bond donors (Lipinski definition) is 1. The largest absolute Gasteiger partial charge is 0.387 e. The molecule has 1 fully saturated rings. The van der Waals surface area contributed by atoms with Crippen LogP contribution in [0.15, 0.2) is 42.1 Å². The van der Waals surface area contributed by atoms with Gasteiger partial charge in [0.05, 0.1) is 0 Å². The topological polar surface area (TPSA) is 56.1 Å². The van der Waals surface area contributed by atoms with Gasteiger partial charge >= 0.3 is 0 Å². The van der Waals surface area contributed by atoms with E-state index in [-0.39, 0.29) is 17.5 Å². The van der Waals surface area contributed by atoms with E-state index in [0.29, 0.717) is 5.92 Å². The zero-order chi connectivity index (χ0) is 16.7. The highest BCUT2D eigenvalue weighted by molar-refractivity contribution is 5.97. The number of piperidine rings is 1. The van der Waals surface area contributed by atoms with Crippen molar-refractivity contribution in [3.63, 3.8) is 0 Å². The Morgan fingerprint density at radius 1 is 1.35 bits per heavy atom. The lowest BCUT2D eigenvalue weighted by atomic mass is 9.90. The first-order valence-corrected chi connectivity index (χ1v) is 8.29. The summed E-state index contributed by atoms with van der Waals surface area (Å²) in [5.74, 6) is 0.462. The molecule has 0 radical (unpaired) electrons. The summed E-state index contributed by atoms with van der Waals surface area (Å²) < 4.78 is 0. The molecule has 23 heavy (non-hydrogen) atoms. The molecule has 1 heterocycles. The third-order valence-electron chi connectivity index (χ3n) is 4.18. The van der Waals surface area contributed by atoms with Crippen molar-refractivity contribution in [2.24, 2.45) is 5.92 Å². The monoisotopic (exact) mass is 311 g/mol. The zero-order valence-electron chi connectivity index (χ0n) is 14.0. The highest BCUT2D eigenvalue weighted by atomic mass is 16.2. The molecule has 1 aliphatic rings. The Morgan fingerprint density at radius 3 is 2.57 bits per heavy atom. The van der Waals surface area contributed by atoms with Gasteiger partial charge in [0.1, 0.15) is 11.6 Å². The molecule has 1 saturated heterocycles. The van der Waals surface area contributed by atoms with Gasteiger partial charge in [0.25, 0.3) is 5.91 Å². The highest BCUT2D eigenvalue weighted by Crippen LogP contribution is 2.22. The lowest BCUT2D eigenvalue weighted by Crippen LogP contribution is -2.39.